The number of hydrogen-bond donors (Lipinski definition) is 2. The molecule has 0 radical (unpaired) electrons. The lowest BCUT2D eigenvalue weighted by Crippen LogP contribution is -2.41. The maximum absolute atomic E-state index is 12.1. The van der Waals surface area contributed by atoms with E-state index < -0.39 is 0 Å². The van der Waals surface area contributed by atoms with Gasteiger partial charge in [-0.25, -0.2) is 9.97 Å². The van der Waals surface area contributed by atoms with Crippen molar-refractivity contribution in [3.05, 3.63) is 18.1 Å². The zero-order chi connectivity index (χ0) is 16.3. The van der Waals surface area contributed by atoms with Gasteiger partial charge in [0.2, 0.25) is 0 Å². The summed E-state index contributed by atoms with van der Waals surface area (Å²) >= 11 is 0. The Bertz CT molecular complexity index is 480. The molecule has 1 aromatic rings. The molecule has 1 saturated heterocycles. The van der Waals surface area contributed by atoms with Crippen LogP contribution in [0, 0.1) is 0 Å². The fraction of sp³-hybridized carbons (Fsp3) is 0.667. The van der Waals surface area contributed by atoms with Crippen LogP contribution >= 0.6 is 0 Å². The summed E-state index contributed by atoms with van der Waals surface area (Å²) in [4.78, 5) is 22.5. The minimum Gasteiger partial charge on any atom is -0.385 e. The second-order valence-corrected chi connectivity index (χ2v) is 5.27. The second-order valence-electron chi connectivity index (χ2n) is 5.27. The van der Waals surface area contributed by atoms with E-state index in [2.05, 4.69) is 25.5 Å². The van der Waals surface area contributed by atoms with Crippen molar-refractivity contribution in [2.45, 2.75) is 6.42 Å². The molecule has 128 valence electrons. The Kier molecular flexibility index (Phi) is 7.71. The third-order valence-electron chi connectivity index (χ3n) is 3.55. The molecule has 0 atom stereocenters. The lowest BCUT2D eigenvalue weighted by atomic mass is 10.3. The molecule has 2 rings (SSSR count). The average Bonchev–Trinajstić information content (AvgIpc) is 2.60. The molecule has 0 aromatic carbocycles. The number of carbonyl (C=O) groups excluding carboxylic acids is 1. The van der Waals surface area contributed by atoms with Gasteiger partial charge >= 0.3 is 0 Å². The molecule has 1 aliphatic heterocycles. The summed E-state index contributed by atoms with van der Waals surface area (Å²) in [6, 6.07) is 1.66. The van der Waals surface area contributed by atoms with Gasteiger partial charge in [-0.05, 0) is 6.42 Å². The Hall–Kier alpha value is -1.77. The van der Waals surface area contributed by atoms with Crippen LogP contribution in [-0.2, 0) is 9.47 Å². The zero-order valence-electron chi connectivity index (χ0n) is 13.6. The number of nitrogens with zero attached hydrogens (tertiary/aromatic N) is 3. The highest BCUT2D eigenvalue weighted by Crippen LogP contribution is 2.04. The molecular weight excluding hydrogens is 298 g/mol. The van der Waals surface area contributed by atoms with Crippen LogP contribution in [-0.4, -0.2) is 80.4 Å². The number of amides is 1. The number of aromatic nitrogens is 2. The molecular formula is C15H25N5O3. The topological polar surface area (TPSA) is 88.6 Å². The Morgan fingerprint density at radius 2 is 2.17 bits per heavy atom. The predicted molar refractivity (Wildman–Crippen MR) is 86.6 cm³/mol. The van der Waals surface area contributed by atoms with Gasteiger partial charge in [-0.2, -0.15) is 0 Å². The van der Waals surface area contributed by atoms with Gasteiger partial charge in [-0.3, -0.25) is 9.69 Å². The van der Waals surface area contributed by atoms with Crippen LogP contribution < -0.4 is 10.6 Å². The minimum atomic E-state index is -0.180. The Balaban J connectivity index is 1.72. The molecule has 0 saturated carbocycles. The Morgan fingerprint density at radius 3 is 2.96 bits per heavy atom. The second kappa shape index (κ2) is 10.1. The van der Waals surface area contributed by atoms with Crippen molar-refractivity contribution in [2.24, 2.45) is 0 Å². The van der Waals surface area contributed by atoms with E-state index in [4.69, 9.17) is 9.47 Å². The first-order valence-electron chi connectivity index (χ1n) is 7.93. The fourth-order valence-corrected chi connectivity index (χ4v) is 2.25. The maximum Gasteiger partial charge on any atom is 0.270 e. The van der Waals surface area contributed by atoms with Crippen LogP contribution in [0.4, 0.5) is 5.82 Å². The molecule has 0 bridgehead atoms. The van der Waals surface area contributed by atoms with Crippen LogP contribution in [0.2, 0.25) is 0 Å². The molecule has 0 aliphatic carbocycles. The quantitative estimate of drug-likeness (QED) is 0.618. The number of ether oxygens (including phenoxy) is 2. The highest BCUT2D eigenvalue weighted by molar-refractivity contribution is 5.92. The van der Waals surface area contributed by atoms with E-state index in [1.807, 2.05) is 0 Å². The number of nitrogens with one attached hydrogen (secondary N) is 2. The summed E-state index contributed by atoms with van der Waals surface area (Å²) in [6.07, 6.45) is 2.27. The summed E-state index contributed by atoms with van der Waals surface area (Å²) in [7, 11) is 1.67. The van der Waals surface area contributed by atoms with E-state index >= 15 is 0 Å². The molecule has 1 aliphatic rings. The van der Waals surface area contributed by atoms with Crippen molar-refractivity contribution in [1.29, 1.82) is 0 Å². The summed E-state index contributed by atoms with van der Waals surface area (Å²) in [5.74, 6) is 0.468. The van der Waals surface area contributed by atoms with Crippen LogP contribution in [0.1, 0.15) is 16.9 Å². The van der Waals surface area contributed by atoms with Crippen molar-refractivity contribution >= 4 is 11.7 Å². The molecule has 1 amide bonds. The first-order chi connectivity index (χ1) is 11.3. The van der Waals surface area contributed by atoms with Crippen molar-refractivity contribution in [1.82, 2.24) is 20.2 Å². The van der Waals surface area contributed by atoms with Crippen molar-refractivity contribution in [3.63, 3.8) is 0 Å². The molecule has 1 fully saturated rings. The number of rotatable bonds is 9. The average molecular weight is 323 g/mol. The monoisotopic (exact) mass is 323 g/mol. The van der Waals surface area contributed by atoms with E-state index in [9.17, 15) is 4.79 Å². The molecule has 2 N–H and O–H groups in total. The largest absolute Gasteiger partial charge is 0.385 e. The first kappa shape index (κ1) is 17.6. The number of morpholine rings is 1. The van der Waals surface area contributed by atoms with E-state index in [0.29, 0.717) is 24.7 Å². The molecule has 0 spiro atoms. The van der Waals surface area contributed by atoms with Crippen LogP contribution in [0.5, 0.6) is 0 Å². The van der Waals surface area contributed by atoms with Gasteiger partial charge < -0.3 is 20.1 Å². The summed E-state index contributed by atoms with van der Waals surface area (Å²) in [5, 5.41) is 6.04. The summed E-state index contributed by atoms with van der Waals surface area (Å²) in [6.45, 7) is 6.20. The highest BCUT2D eigenvalue weighted by atomic mass is 16.5. The Morgan fingerprint density at radius 1 is 1.35 bits per heavy atom. The molecule has 23 heavy (non-hydrogen) atoms. The third-order valence-corrected chi connectivity index (χ3v) is 3.55. The van der Waals surface area contributed by atoms with Gasteiger partial charge in [-0.15, -0.1) is 0 Å². The molecule has 2 heterocycles. The van der Waals surface area contributed by atoms with E-state index in [-0.39, 0.29) is 5.91 Å². The number of hydrogen-bond acceptors (Lipinski definition) is 7. The lowest BCUT2D eigenvalue weighted by Gasteiger charge is -2.26. The lowest BCUT2D eigenvalue weighted by molar-refractivity contribution is 0.0383. The molecule has 0 unspecified atom stereocenters. The zero-order valence-corrected chi connectivity index (χ0v) is 13.6. The summed E-state index contributed by atoms with van der Waals surface area (Å²) in [5.41, 5.74) is 0.371. The first-order valence-corrected chi connectivity index (χ1v) is 7.93. The van der Waals surface area contributed by atoms with Crippen LogP contribution in [0.15, 0.2) is 12.4 Å². The molecule has 8 heteroatoms. The SMILES string of the molecule is COCCCNc1cc(C(=O)NCCN2CCOCC2)ncn1. The van der Waals surface area contributed by atoms with E-state index in [1.54, 1.807) is 13.2 Å². The van der Waals surface area contributed by atoms with Gasteiger partial charge in [-0.1, -0.05) is 0 Å². The van der Waals surface area contributed by atoms with Gasteiger partial charge in [0.05, 0.1) is 13.2 Å². The maximum atomic E-state index is 12.1. The molecule has 8 nitrogen and oxygen atoms in total. The normalized spacial score (nSPS) is 15.3. The van der Waals surface area contributed by atoms with E-state index in [0.717, 1.165) is 45.8 Å². The number of methoxy groups -OCH3 is 1. The number of anilines is 1. The third kappa shape index (κ3) is 6.47. The van der Waals surface area contributed by atoms with Crippen molar-refractivity contribution in [2.75, 3.05) is 65.0 Å². The Labute approximate surface area is 136 Å². The molecule has 1 aromatic heterocycles. The van der Waals surface area contributed by atoms with Gasteiger partial charge in [0.25, 0.3) is 5.91 Å². The van der Waals surface area contributed by atoms with Crippen LogP contribution in [0.3, 0.4) is 0 Å². The van der Waals surface area contributed by atoms with Gasteiger partial charge in [0, 0.05) is 52.5 Å². The summed E-state index contributed by atoms with van der Waals surface area (Å²) < 4.78 is 10.3. The van der Waals surface area contributed by atoms with Crippen molar-refractivity contribution < 1.29 is 14.3 Å². The highest BCUT2D eigenvalue weighted by Gasteiger charge is 2.12. The predicted octanol–water partition coefficient (Wildman–Crippen LogP) is -0.0130. The number of carbonyl (C=O) groups is 1. The van der Waals surface area contributed by atoms with Gasteiger partial charge in [0.15, 0.2) is 0 Å². The van der Waals surface area contributed by atoms with Gasteiger partial charge in [0.1, 0.15) is 17.8 Å². The van der Waals surface area contributed by atoms with E-state index in [1.165, 1.54) is 6.33 Å². The standard InChI is InChI=1S/C15H25N5O3/c1-22-8-2-3-16-14-11-13(18-12-19-14)15(21)17-4-5-20-6-9-23-10-7-20/h11-12H,2-10H2,1H3,(H,17,21)(H,16,18,19). The fourth-order valence-electron chi connectivity index (χ4n) is 2.25. The van der Waals surface area contributed by atoms with Crippen molar-refractivity contribution in [3.8, 4) is 0 Å². The minimum absolute atomic E-state index is 0.180. The smallest absolute Gasteiger partial charge is 0.270 e. The van der Waals surface area contributed by atoms with Crippen LogP contribution in [0.25, 0.3) is 0 Å².